The zero-order valence-electron chi connectivity index (χ0n) is 15.6. The third-order valence-corrected chi connectivity index (χ3v) is 5.46. The molecule has 140 valence electrons. The van der Waals surface area contributed by atoms with Crippen LogP contribution in [-0.4, -0.2) is 37.5 Å². The van der Waals surface area contributed by atoms with Crippen LogP contribution in [0.1, 0.15) is 37.2 Å². The third kappa shape index (κ3) is 4.04. The minimum absolute atomic E-state index is 0.367. The fraction of sp³-hybridized carbons (Fsp3) is 0.381. The number of nitrogens with zero attached hydrogens (tertiary/aromatic N) is 5. The summed E-state index contributed by atoms with van der Waals surface area (Å²) >= 11 is 6.20. The van der Waals surface area contributed by atoms with Crippen molar-refractivity contribution in [2.24, 2.45) is 0 Å². The number of hydrogen-bond acceptors (Lipinski definition) is 4. The molecule has 0 saturated carbocycles. The van der Waals surface area contributed by atoms with E-state index in [1.165, 1.54) is 0 Å². The first kappa shape index (κ1) is 18.1. The van der Waals surface area contributed by atoms with Crippen molar-refractivity contribution in [1.82, 2.24) is 24.4 Å². The first-order valence-electron chi connectivity index (χ1n) is 9.53. The van der Waals surface area contributed by atoms with E-state index < -0.39 is 0 Å². The quantitative estimate of drug-likeness (QED) is 0.657. The van der Waals surface area contributed by atoms with Crippen molar-refractivity contribution in [1.29, 1.82) is 0 Å². The lowest BCUT2D eigenvalue weighted by Crippen LogP contribution is -2.35. The van der Waals surface area contributed by atoms with Gasteiger partial charge in [-0.05, 0) is 38.4 Å². The van der Waals surface area contributed by atoms with Gasteiger partial charge in [-0.3, -0.25) is 14.9 Å². The molecule has 27 heavy (non-hydrogen) atoms. The number of aromatic nitrogens is 4. The van der Waals surface area contributed by atoms with Gasteiger partial charge in [0.05, 0.1) is 17.9 Å². The lowest BCUT2D eigenvalue weighted by molar-refractivity contribution is 0.192. The summed E-state index contributed by atoms with van der Waals surface area (Å²) in [5.41, 5.74) is 3.05. The number of piperidine rings is 1. The predicted octanol–water partition coefficient (Wildman–Crippen LogP) is 4.39. The molecule has 0 aliphatic carbocycles. The van der Waals surface area contributed by atoms with Gasteiger partial charge in [-0.15, -0.1) is 0 Å². The summed E-state index contributed by atoms with van der Waals surface area (Å²) in [4.78, 5) is 16.4. The highest BCUT2D eigenvalue weighted by molar-refractivity contribution is 6.30. The van der Waals surface area contributed by atoms with Gasteiger partial charge in [-0.1, -0.05) is 23.7 Å². The van der Waals surface area contributed by atoms with Crippen molar-refractivity contribution in [3.63, 3.8) is 0 Å². The summed E-state index contributed by atoms with van der Waals surface area (Å²) in [6, 6.07) is 7.87. The van der Waals surface area contributed by atoms with Crippen LogP contribution in [0.15, 0.2) is 49.1 Å². The first-order chi connectivity index (χ1) is 13.2. The molecule has 0 spiro atoms. The Bertz CT molecular complexity index is 907. The van der Waals surface area contributed by atoms with E-state index in [4.69, 9.17) is 16.6 Å². The molecule has 0 bridgehead atoms. The first-order valence-corrected chi connectivity index (χ1v) is 9.91. The van der Waals surface area contributed by atoms with Gasteiger partial charge >= 0.3 is 0 Å². The number of rotatable bonds is 5. The molecule has 2 aromatic heterocycles. The molecule has 1 atom stereocenters. The lowest BCUT2D eigenvalue weighted by atomic mass is 9.91. The molecule has 0 unspecified atom stereocenters. The van der Waals surface area contributed by atoms with E-state index >= 15 is 0 Å². The summed E-state index contributed by atoms with van der Waals surface area (Å²) in [6.07, 6.45) is 9.79. The summed E-state index contributed by atoms with van der Waals surface area (Å²) in [7, 11) is 0. The average molecular weight is 382 g/mol. The Kier molecular flexibility index (Phi) is 5.50. The maximum Gasteiger partial charge on any atom is 0.122 e. The molecule has 5 nitrogen and oxygen atoms in total. The maximum absolute atomic E-state index is 6.20. The van der Waals surface area contributed by atoms with Gasteiger partial charge in [0.2, 0.25) is 0 Å². The van der Waals surface area contributed by atoms with Crippen LogP contribution in [0.3, 0.4) is 0 Å². The van der Waals surface area contributed by atoms with Gasteiger partial charge in [-0.25, -0.2) is 4.98 Å². The third-order valence-electron chi connectivity index (χ3n) is 5.22. The van der Waals surface area contributed by atoms with E-state index in [0.717, 1.165) is 66.8 Å². The van der Waals surface area contributed by atoms with Crippen molar-refractivity contribution in [3.8, 4) is 11.3 Å². The maximum atomic E-state index is 6.20. The zero-order valence-corrected chi connectivity index (χ0v) is 16.3. The van der Waals surface area contributed by atoms with Gasteiger partial charge in [0.25, 0.3) is 0 Å². The SMILES string of the molecule is CCn1ccnc1CN1CCC[C@H](c2nccnc2-c2cccc(Cl)c2)C1. The molecule has 1 saturated heterocycles. The van der Waals surface area contributed by atoms with Crippen molar-refractivity contribution in [3.05, 3.63) is 65.6 Å². The van der Waals surface area contributed by atoms with Crippen LogP contribution in [0.2, 0.25) is 5.02 Å². The van der Waals surface area contributed by atoms with Crippen LogP contribution in [0.5, 0.6) is 0 Å². The second-order valence-corrected chi connectivity index (χ2v) is 7.44. The van der Waals surface area contributed by atoms with Crippen LogP contribution in [0.25, 0.3) is 11.3 Å². The fourth-order valence-electron chi connectivity index (χ4n) is 3.91. The second-order valence-electron chi connectivity index (χ2n) is 7.00. The highest BCUT2D eigenvalue weighted by Crippen LogP contribution is 2.32. The normalized spacial score (nSPS) is 17.9. The minimum Gasteiger partial charge on any atom is -0.334 e. The van der Waals surface area contributed by atoms with Crippen molar-refractivity contribution in [2.75, 3.05) is 13.1 Å². The molecule has 0 N–H and O–H groups in total. The molecule has 1 fully saturated rings. The minimum atomic E-state index is 0.367. The summed E-state index contributed by atoms with van der Waals surface area (Å²) in [5.74, 6) is 1.50. The number of hydrogen-bond donors (Lipinski definition) is 0. The molecule has 3 heterocycles. The van der Waals surface area contributed by atoms with E-state index in [0.29, 0.717) is 5.92 Å². The Labute approximate surface area is 165 Å². The Morgan fingerprint density at radius 3 is 2.89 bits per heavy atom. The number of likely N-dealkylation sites (tertiary alicyclic amines) is 1. The molecule has 0 amide bonds. The highest BCUT2D eigenvalue weighted by Gasteiger charge is 2.26. The Balaban J connectivity index is 1.57. The summed E-state index contributed by atoms with van der Waals surface area (Å²) < 4.78 is 2.21. The van der Waals surface area contributed by atoms with E-state index in [-0.39, 0.29) is 0 Å². The van der Waals surface area contributed by atoms with Crippen LogP contribution < -0.4 is 0 Å². The van der Waals surface area contributed by atoms with Crippen molar-refractivity contribution >= 4 is 11.6 Å². The monoisotopic (exact) mass is 381 g/mol. The van der Waals surface area contributed by atoms with Crippen LogP contribution in [0, 0.1) is 0 Å². The summed E-state index contributed by atoms with van der Waals surface area (Å²) in [5, 5.41) is 0.723. The molecule has 3 aromatic rings. The largest absolute Gasteiger partial charge is 0.334 e. The molecule has 6 heteroatoms. The number of imidazole rings is 1. The lowest BCUT2D eigenvalue weighted by Gasteiger charge is -2.32. The zero-order chi connectivity index (χ0) is 18.6. The Hall–Kier alpha value is -2.24. The topological polar surface area (TPSA) is 46.8 Å². The molecular weight excluding hydrogens is 358 g/mol. The van der Waals surface area contributed by atoms with Gasteiger partial charge in [-0.2, -0.15) is 0 Å². The van der Waals surface area contributed by atoms with Crippen LogP contribution in [0.4, 0.5) is 0 Å². The smallest absolute Gasteiger partial charge is 0.122 e. The molecule has 1 aromatic carbocycles. The molecular formula is C21H24ClN5. The van der Waals surface area contributed by atoms with Gasteiger partial charge < -0.3 is 4.57 Å². The van der Waals surface area contributed by atoms with E-state index in [1.54, 1.807) is 12.4 Å². The van der Waals surface area contributed by atoms with Gasteiger partial charge in [0.1, 0.15) is 5.82 Å². The molecule has 4 rings (SSSR count). The fourth-order valence-corrected chi connectivity index (χ4v) is 4.10. The predicted molar refractivity (Wildman–Crippen MR) is 108 cm³/mol. The van der Waals surface area contributed by atoms with Gasteiger partial charge in [0, 0.05) is 54.4 Å². The number of benzene rings is 1. The number of halogens is 1. The van der Waals surface area contributed by atoms with Crippen molar-refractivity contribution in [2.45, 2.75) is 38.8 Å². The average Bonchev–Trinajstić information content (AvgIpc) is 3.15. The molecule has 1 aliphatic heterocycles. The Morgan fingerprint density at radius 1 is 1.15 bits per heavy atom. The van der Waals surface area contributed by atoms with Crippen LogP contribution in [-0.2, 0) is 13.1 Å². The second kappa shape index (κ2) is 8.19. The Morgan fingerprint density at radius 2 is 2.04 bits per heavy atom. The van der Waals surface area contributed by atoms with E-state index in [1.807, 2.05) is 24.4 Å². The molecule has 1 aliphatic rings. The summed E-state index contributed by atoms with van der Waals surface area (Å²) in [6.45, 7) is 6.06. The van der Waals surface area contributed by atoms with Crippen LogP contribution >= 0.6 is 11.6 Å². The highest BCUT2D eigenvalue weighted by atomic mass is 35.5. The van der Waals surface area contributed by atoms with E-state index in [9.17, 15) is 0 Å². The van der Waals surface area contributed by atoms with E-state index in [2.05, 4.69) is 38.6 Å². The number of aryl methyl sites for hydroxylation is 1. The standard InChI is InChI=1S/C21H24ClN5/c1-2-27-12-10-23-19(27)15-26-11-4-6-17(14-26)21-20(24-8-9-25-21)16-5-3-7-18(22)13-16/h3,5,7-10,12-13,17H,2,4,6,11,14-15H2,1H3/t17-/m0/s1. The molecule has 0 radical (unpaired) electrons. The van der Waals surface area contributed by atoms with Crippen molar-refractivity contribution < 1.29 is 0 Å². The van der Waals surface area contributed by atoms with Gasteiger partial charge in [0.15, 0.2) is 0 Å².